The van der Waals surface area contributed by atoms with E-state index in [0.717, 1.165) is 23.8 Å². The number of nitrogens with zero attached hydrogens (tertiary/aromatic N) is 4. The Morgan fingerprint density at radius 1 is 1.19 bits per heavy atom. The van der Waals surface area contributed by atoms with Crippen LogP contribution in [-0.4, -0.2) is 46.0 Å². The smallest absolute Gasteiger partial charge is 0.180 e. The summed E-state index contributed by atoms with van der Waals surface area (Å²) in [5, 5.41) is 3.46. The number of nitrogens with one attached hydrogen (secondary N) is 1. The largest absolute Gasteiger partial charge is 0.370 e. The molecule has 3 heterocycles. The minimum Gasteiger partial charge on any atom is -0.370 e. The number of rotatable bonds is 5. The van der Waals surface area contributed by atoms with E-state index in [4.69, 9.17) is 0 Å². The van der Waals surface area contributed by atoms with Crippen LogP contribution >= 0.6 is 0 Å². The number of hydrogen-bond acceptors (Lipinski definition) is 5. The van der Waals surface area contributed by atoms with E-state index in [9.17, 15) is 0 Å². The van der Waals surface area contributed by atoms with Gasteiger partial charge in [-0.05, 0) is 56.9 Å². The summed E-state index contributed by atoms with van der Waals surface area (Å²) < 4.78 is 0. The maximum atomic E-state index is 4.51. The molecule has 0 aromatic carbocycles. The molecule has 0 spiro atoms. The first-order chi connectivity index (χ1) is 10.3. The third kappa shape index (κ3) is 3.67. The van der Waals surface area contributed by atoms with Crippen LogP contribution in [0.4, 0.5) is 5.82 Å². The molecule has 0 bridgehead atoms. The zero-order valence-electron chi connectivity index (χ0n) is 12.6. The summed E-state index contributed by atoms with van der Waals surface area (Å²) in [5.74, 6) is 1.65. The van der Waals surface area contributed by atoms with Gasteiger partial charge in [-0.3, -0.25) is 4.98 Å². The monoisotopic (exact) mass is 285 g/mol. The SMILES string of the molecule is CCCN1CCC(CNc2ccc3nccnc3n2)CC1. The van der Waals surface area contributed by atoms with Gasteiger partial charge in [0.15, 0.2) is 5.65 Å². The minimum atomic E-state index is 0.709. The summed E-state index contributed by atoms with van der Waals surface area (Å²) in [6.45, 7) is 6.96. The van der Waals surface area contributed by atoms with Crippen molar-refractivity contribution in [3.8, 4) is 0 Å². The second-order valence-electron chi connectivity index (χ2n) is 5.76. The Hall–Kier alpha value is -1.75. The Balaban J connectivity index is 1.52. The lowest BCUT2D eigenvalue weighted by molar-refractivity contribution is 0.190. The lowest BCUT2D eigenvalue weighted by Crippen LogP contribution is -2.36. The molecule has 0 atom stereocenters. The Labute approximate surface area is 125 Å². The maximum Gasteiger partial charge on any atom is 0.180 e. The van der Waals surface area contributed by atoms with Gasteiger partial charge in [0.25, 0.3) is 0 Å². The molecule has 0 radical (unpaired) electrons. The van der Waals surface area contributed by atoms with Gasteiger partial charge in [0, 0.05) is 18.9 Å². The number of pyridine rings is 1. The van der Waals surface area contributed by atoms with Crippen molar-refractivity contribution in [3.05, 3.63) is 24.5 Å². The van der Waals surface area contributed by atoms with Crippen LogP contribution in [0.15, 0.2) is 24.5 Å². The predicted octanol–water partition coefficient (Wildman–Crippen LogP) is 2.56. The normalized spacial score (nSPS) is 17.2. The van der Waals surface area contributed by atoms with Crippen LogP contribution in [0, 0.1) is 5.92 Å². The van der Waals surface area contributed by atoms with Crippen molar-refractivity contribution < 1.29 is 0 Å². The summed E-state index contributed by atoms with van der Waals surface area (Å²) in [6, 6.07) is 3.96. The quantitative estimate of drug-likeness (QED) is 0.915. The Bertz CT molecular complexity index is 578. The van der Waals surface area contributed by atoms with E-state index in [-0.39, 0.29) is 0 Å². The number of anilines is 1. The highest BCUT2D eigenvalue weighted by Crippen LogP contribution is 2.18. The van der Waals surface area contributed by atoms with Crippen molar-refractivity contribution in [2.24, 2.45) is 5.92 Å². The van der Waals surface area contributed by atoms with Gasteiger partial charge < -0.3 is 10.2 Å². The van der Waals surface area contributed by atoms with E-state index in [0.29, 0.717) is 5.65 Å². The van der Waals surface area contributed by atoms with Crippen molar-refractivity contribution in [2.45, 2.75) is 26.2 Å². The second-order valence-corrected chi connectivity index (χ2v) is 5.76. The van der Waals surface area contributed by atoms with E-state index in [2.05, 4.69) is 32.1 Å². The minimum absolute atomic E-state index is 0.709. The van der Waals surface area contributed by atoms with Gasteiger partial charge in [0.05, 0.1) is 0 Å². The fourth-order valence-corrected chi connectivity index (χ4v) is 2.93. The average molecular weight is 285 g/mol. The first kappa shape index (κ1) is 14.2. The van der Waals surface area contributed by atoms with Crippen molar-refractivity contribution in [1.29, 1.82) is 0 Å². The van der Waals surface area contributed by atoms with Gasteiger partial charge in [-0.15, -0.1) is 0 Å². The fraction of sp³-hybridized carbons (Fsp3) is 0.562. The second kappa shape index (κ2) is 6.80. The van der Waals surface area contributed by atoms with Crippen molar-refractivity contribution >= 4 is 17.0 Å². The van der Waals surface area contributed by atoms with E-state index >= 15 is 0 Å². The number of hydrogen-bond donors (Lipinski definition) is 1. The molecule has 0 aliphatic carbocycles. The zero-order valence-corrected chi connectivity index (χ0v) is 12.6. The zero-order chi connectivity index (χ0) is 14.5. The molecule has 1 aliphatic rings. The summed E-state index contributed by atoms with van der Waals surface area (Å²) in [5.41, 5.74) is 1.55. The molecule has 1 aliphatic heterocycles. The molecule has 0 amide bonds. The van der Waals surface area contributed by atoms with Crippen LogP contribution < -0.4 is 5.32 Å². The molecule has 2 aromatic heterocycles. The highest BCUT2D eigenvalue weighted by molar-refractivity contribution is 5.71. The van der Waals surface area contributed by atoms with Gasteiger partial charge in [0.1, 0.15) is 11.3 Å². The predicted molar refractivity (Wildman–Crippen MR) is 85.3 cm³/mol. The Morgan fingerprint density at radius 2 is 2.00 bits per heavy atom. The maximum absolute atomic E-state index is 4.51. The molecule has 5 heteroatoms. The fourth-order valence-electron chi connectivity index (χ4n) is 2.93. The van der Waals surface area contributed by atoms with E-state index in [1.165, 1.54) is 38.9 Å². The number of piperidine rings is 1. The first-order valence-electron chi connectivity index (χ1n) is 7.89. The van der Waals surface area contributed by atoms with Crippen molar-refractivity contribution in [3.63, 3.8) is 0 Å². The summed E-state index contributed by atoms with van der Waals surface area (Å²) in [6.07, 6.45) is 7.19. The number of likely N-dealkylation sites (tertiary alicyclic amines) is 1. The molecule has 0 saturated carbocycles. The van der Waals surface area contributed by atoms with Gasteiger partial charge in [-0.1, -0.05) is 6.92 Å². The first-order valence-corrected chi connectivity index (χ1v) is 7.89. The van der Waals surface area contributed by atoms with Gasteiger partial charge in [-0.25, -0.2) is 9.97 Å². The van der Waals surface area contributed by atoms with Crippen LogP contribution in [0.5, 0.6) is 0 Å². The molecule has 0 unspecified atom stereocenters. The van der Waals surface area contributed by atoms with Gasteiger partial charge >= 0.3 is 0 Å². The Morgan fingerprint density at radius 3 is 2.81 bits per heavy atom. The molecular formula is C16H23N5. The summed E-state index contributed by atoms with van der Waals surface area (Å²) in [4.78, 5) is 15.6. The molecule has 5 nitrogen and oxygen atoms in total. The van der Waals surface area contributed by atoms with Crippen molar-refractivity contribution in [2.75, 3.05) is 31.5 Å². The third-order valence-corrected chi connectivity index (χ3v) is 4.15. The highest BCUT2D eigenvalue weighted by atomic mass is 15.1. The molecule has 21 heavy (non-hydrogen) atoms. The average Bonchev–Trinajstić information content (AvgIpc) is 2.54. The molecule has 1 fully saturated rings. The summed E-state index contributed by atoms with van der Waals surface area (Å²) >= 11 is 0. The van der Waals surface area contributed by atoms with Crippen LogP contribution in [0.2, 0.25) is 0 Å². The van der Waals surface area contributed by atoms with Crippen LogP contribution in [-0.2, 0) is 0 Å². The van der Waals surface area contributed by atoms with E-state index in [1.807, 2.05) is 12.1 Å². The van der Waals surface area contributed by atoms with Crippen molar-refractivity contribution in [1.82, 2.24) is 19.9 Å². The lowest BCUT2D eigenvalue weighted by atomic mass is 9.97. The molecule has 2 aromatic rings. The molecule has 112 valence electrons. The van der Waals surface area contributed by atoms with E-state index < -0.39 is 0 Å². The third-order valence-electron chi connectivity index (χ3n) is 4.15. The highest BCUT2D eigenvalue weighted by Gasteiger charge is 2.18. The molecular weight excluding hydrogens is 262 g/mol. The van der Waals surface area contributed by atoms with Crippen LogP contribution in [0.25, 0.3) is 11.2 Å². The summed E-state index contributed by atoms with van der Waals surface area (Å²) in [7, 11) is 0. The van der Waals surface area contributed by atoms with Gasteiger partial charge in [0.2, 0.25) is 0 Å². The van der Waals surface area contributed by atoms with Crippen LogP contribution in [0.1, 0.15) is 26.2 Å². The number of aromatic nitrogens is 3. The molecule has 1 saturated heterocycles. The van der Waals surface area contributed by atoms with E-state index in [1.54, 1.807) is 12.4 Å². The number of fused-ring (bicyclic) bond motifs is 1. The molecule has 3 rings (SSSR count). The Kier molecular flexibility index (Phi) is 4.60. The van der Waals surface area contributed by atoms with Crippen LogP contribution in [0.3, 0.4) is 0 Å². The topological polar surface area (TPSA) is 53.9 Å². The lowest BCUT2D eigenvalue weighted by Gasteiger charge is -2.31. The van der Waals surface area contributed by atoms with Gasteiger partial charge in [-0.2, -0.15) is 0 Å². The standard InChI is InChI=1S/C16H23N5/c1-2-9-21-10-5-13(6-11-21)12-19-15-4-3-14-16(20-15)18-8-7-17-14/h3-4,7-8,13H,2,5-6,9-12H2,1H3,(H,18,19,20). The molecule has 1 N–H and O–H groups in total.